The fourth-order valence-corrected chi connectivity index (χ4v) is 4.91. The fourth-order valence-electron chi connectivity index (χ4n) is 3.66. The smallest absolute Gasteiger partial charge is 0.265 e. The molecule has 31 heavy (non-hydrogen) atoms. The van der Waals surface area contributed by atoms with E-state index in [-0.39, 0.29) is 5.91 Å². The van der Waals surface area contributed by atoms with Gasteiger partial charge in [-0.3, -0.25) is 9.48 Å². The first kappa shape index (κ1) is 21.4. The van der Waals surface area contributed by atoms with Crippen LogP contribution in [-0.4, -0.2) is 28.8 Å². The normalized spacial score (nSPS) is 11.1. The average molecular weight is 453 g/mol. The van der Waals surface area contributed by atoms with Gasteiger partial charge < -0.3 is 10.2 Å². The first-order valence-electron chi connectivity index (χ1n) is 10.4. The number of hydrogen-bond donors (Lipinski definition) is 1. The summed E-state index contributed by atoms with van der Waals surface area (Å²) < 4.78 is 1.92. The first-order chi connectivity index (χ1) is 15.0. The maximum atomic E-state index is 12.9. The molecule has 0 fully saturated rings. The molecule has 0 atom stereocenters. The number of carbonyl (C=O) groups excluding carboxylic acids is 1. The third-order valence-corrected chi connectivity index (χ3v) is 6.88. The molecule has 4 rings (SSSR count). The predicted octanol–water partition coefficient (Wildman–Crippen LogP) is 6.21. The second kappa shape index (κ2) is 9.12. The maximum absolute atomic E-state index is 12.9. The van der Waals surface area contributed by atoms with Gasteiger partial charge in [-0.1, -0.05) is 29.8 Å². The number of rotatable bonds is 7. The quantitative estimate of drug-likeness (QED) is 0.363. The zero-order valence-electron chi connectivity index (χ0n) is 17.9. The lowest BCUT2D eigenvalue weighted by Gasteiger charge is -2.21. The van der Waals surface area contributed by atoms with Crippen LogP contribution in [0.4, 0.5) is 11.4 Å². The Hall–Kier alpha value is -2.83. The van der Waals surface area contributed by atoms with E-state index < -0.39 is 0 Å². The summed E-state index contributed by atoms with van der Waals surface area (Å²) in [6.07, 6.45) is 0. The number of fused-ring (bicyclic) bond motifs is 1. The highest BCUT2D eigenvalue weighted by molar-refractivity contribution is 7.20. The van der Waals surface area contributed by atoms with Crippen LogP contribution in [0.5, 0.6) is 0 Å². The molecule has 7 heteroatoms. The summed E-state index contributed by atoms with van der Waals surface area (Å²) in [5, 5.41) is 9.37. The molecular weight excluding hydrogens is 428 g/mol. The summed E-state index contributed by atoms with van der Waals surface area (Å²) >= 11 is 7.77. The van der Waals surface area contributed by atoms with Crippen LogP contribution in [0.3, 0.4) is 0 Å². The second-order valence-electron chi connectivity index (χ2n) is 7.34. The highest BCUT2D eigenvalue weighted by Crippen LogP contribution is 2.30. The summed E-state index contributed by atoms with van der Waals surface area (Å²) in [5.74, 6) is -0.111. The van der Waals surface area contributed by atoms with Crippen molar-refractivity contribution < 1.29 is 4.79 Å². The fraction of sp³-hybridized carbons (Fsp3) is 0.250. The van der Waals surface area contributed by atoms with Gasteiger partial charge in [0.2, 0.25) is 0 Å². The largest absolute Gasteiger partial charge is 0.372 e. The molecule has 2 aromatic carbocycles. The monoisotopic (exact) mass is 452 g/mol. The zero-order chi connectivity index (χ0) is 22.0. The lowest BCUT2D eigenvalue weighted by atomic mass is 10.2. The SMILES string of the molecule is CCN(CC)c1ccc(NC(=O)c2cc3c(C)nn(Cc4ccccc4Cl)c3s2)cc1. The highest BCUT2D eigenvalue weighted by atomic mass is 35.5. The van der Waals surface area contributed by atoms with Crippen molar-refractivity contribution in [2.45, 2.75) is 27.3 Å². The number of thiophene rings is 1. The molecule has 1 amide bonds. The molecule has 0 aliphatic heterocycles. The molecule has 0 unspecified atom stereocenters. The summed E-state index contributed by atoms with van der Waals surface area (Å²) in [5.41, 5.74) is 3.84. The number of carbonyl (C=O) groups is 1. The van der Waals surface area contributed by atoms with E-state index >= 15 is 0 Å². The van der Waals surface area contributed by atoms with Crippen LogP contribution in [-0.2, 0) is 6.54 Å². The van der Waals surface area contributed by atoms with Crippen LogP contribution >= 0.6 is 22.9 Å². The zero-order valence-corrected chi connectivity index (χ0v) is 19.4. The molecule has 0 bridgehead atoms. The van der Waals surface area contributed by atoms with Crippen LogP contribution in [0, 0.1) is 6.92 Å². The maximum Gasteiger partial charge on any atom is 0.265 e. The van der Waals surface area contributed by atoms with Gasteiger partial charge in [-0.05, 0) is 62.7 Å². The number of hydrogen-bond acceptors (Lipinski definition) is 4. The molecule has 2 heterocycles. The minimum atomic E-state index is -0.111. The average Bonchev–Trinajstić information content (AvgIpc) is 3.33. The Kier molecular flexibility index (Phi) is 6.30. The summed E-state index contributed by atoms with van der Waals surface area (Å²) in [6, 6.07) is 17.7. The standard InChI is InChI=1S/C24H25ClN4OS/c1-4-28(5-2)19-12-10-18(11-13-19)26-23(30)22-14-20-16(3)27-29(24(20)31-22)15-17-8-6-7-9-21(17)25/h6-14H,4-5,15H2,1-3H3,(H,26,30). The van der Waals surface area contributed by atoms with Crippen LogP contribution in [0.15, 0.2) is 54.6 Å². The first-order valence-corrected chi connectivity index (χ1v) is 11.6. The molecule has 0 saturated heterocycles. The summed E-state index contributed by atoms with van der Waals surface area (Å²) in [4.78, 5) is 16.8. The Bertz CT molecular complexity index is 1210. The number of aromatic nitrogens is 2. The van der Waals surface area contributed by atoms with Crippen molar-refractivity contribution in [1.29, 1.82) is 0 Å². The van der Waals surface area contributed by atoms with Gasteiger partial charge in [0.25, 0.3) is 5.91 Å². The van der Waals surface area contributed by atoms with E-state index in [1.165, 1.54) is 11.3 Å². The van der Waals surface area contributed by atoms with E-state index in [1.54, 1.807) is 0 Å². The van der Waals surface area contributed by atoms with E-state index in [4.69, 9.17) is 11.6 Å². The molecule has 5 nitrogen and oxygen atoms in total. The number of amides is 1. The van der Waals surface area contributed by atoms with Crippen molar-refractivity contribution in [2.24, 2.45) is 0 Å². The highest BCUT2D eigenvalue weighted by Gasteiger charge is 2.17. The third kappa shape index (κ3) is 4.45. The predicted molar refractivity (Wildman–Crippen MR) is 131 cm³/mol. The van der Waals surface area contributed by atoms with Crippen LogP contribution < -0.4 is 10.2 Å². The Balaban J connectivity index is 1.54. The summed E-state index contributed by atoms with van der Waals surface area (Å²) in [7, 11) is 0. The Morgan fingerprint density at radius 1 is 1.13 bits per heavy atom. The number of aryl methyl sites for hydroxylation is 1. The van der Waals surface area contributed by atoms with Gasteiger partial charge in [0.15, 0.2) is 0 Å². The Labute approximate surface area is 191 Å². The number of nitrogens with one attached hydrogen (secondary N) is 1. The minimum Gasteiger partial charge on any atom is -0.372 e. The number of benzene rings is 2. The molecule has 0 saturated carbocycles. The number of anilines is 2. The van der Waals surface area contributed by atoms with Crippen molar-refractivity contribution in [3.63, 3.8) is 0 Å². The molecule has 160 valence electrons. The van der Waals surface area contributed by atoms with Gasteiger partial charge in [0.1, 0.15) is 4.83 Å². The van der Waals surface area contributed by atoms with Crippen molar-refractivity contribution in [2.75, 3.05) is 23.3 Å². The topological polar surface area (TPSA) is 50.2 Å². The van der Waals surface area contributed by atoms with Gasteiger partial charge in [-0.25, -0.2) is 0 Å². The lowest BCUT2D eigenvalue weighted by molar-refractivity contribution is 0.103. The van der Waals surface area contributed by atoms with E-state index in [0.717, 1.165) is 45.9 Å². The molecule has 0 spiro atoms. The van der Waals surface area contributed by atoms with Gasteiger partial charge >= 0.3 is 0 Å². The lowest BCUT2D eigenvalue weighted by Crippen LogP contribution is -2.21. The second-order valence-corrected chi connectivity index (χ2v) is 8.78. The molecule has 4 aromatic rings. The third-order valence-electron chi connectivity index (χ3n) is 5.36. The van der Waals surface area contributed by atoms with Gasteiger partial charge in [-0.2, -0.15) is 5.10 Å². The number of halogens is 1. The van der Waals surface area contributed by atoms with Crippen molar-refractivity contribution in [1.82, 2.24) is 9.78 Å². The molecular formula is C24H25ClN4OS. The van der Waals surface area contributed by atoms with E-state index in [9.17, 15) is 4.79 Å². The molecule has 2 aromatic heterocycles. The molecule has 0 aliphatic rings. The van der Waals surface area contributed by atoms with Crippen LogP contribution in [0.25, 0.3) is 10.2 Å². The van der Waals surface area contributed by atoms with Gasteiger partial charge in [0, 0.05) is 34.9 Å². The Morgan fingerprint density at radius 2 is 1.84 bits per heavy atom. The minimum absolute atomic E-state index is 0.111. The molecule has 0 radical (unpaired) electrons. The van der Waals surface area contributed by atoms with E-state index in [0.29, 0.717) is 16.4 Å². The van der Waals surface area contributed by atoms with Crippen LogP contribution in [0.1, 0.15) is 34.8 Å². The van der Waals surface area contributed by atoms with Gasteiger partial charge in [0.05, 0.1) is 17.1 Å². The van der Waals surface area contributed by atoms with Crippen molar-refractivity contribution >= 4 is 50.4 Å². The van der Waals surface area contributed by atoms with Crippen molar-refractivity contribution in [3.8, 4) is 0 Å². The number of nitrogens with zero attached hydrogens (tertiary/aromatic N) is 3. The Morgan fingerprint density at radius 3 is 2.52 bits per heavy atom. The molecule has 1 N–H and O–H groups in total. The van der Waals surface area contributed by atoms with Gasteiger partial charge in [-0.15, -0.1) is 11.3 Å². The van der Waals surface area contributed by atoms with Crippen molar-refractivity contribution in [3.05, 3.63) is 75.8 Å². The van der Waals surface area contributed by atoms with E-state index in [1.807, 2.05) is 66.2 Å². The summed E-state index contributed by atoms with van der Waals surface area (Å²) in [6.45, 7) is 8.71. The van der Waals surface area contributed by atoms with Crippen LogP contribution in [0.2, 0.25) is 5.02 Å². The molecule has 0 aliphatic carbocycles. The van der Waals surface area contributed by atoms with E-state index in [2.05, 4.69) is 29.2 Å².